The minimum atomic E-state index is -0.0664. The maximum absolute atomic E-state index is 9.32. The zero-order chi connectivity index (χ0) is 12.4. The second kappa shape index (κ2) is 5.48. The van der Waals surface area contributed by atoms with Gasteiger partial charge in [-0.3, -0.25) is 4.90 Å². The van der Waals surface area contributed by atoms with Crippen molar-refractivity contribution in [2.45, 2.75) is 38.0 Å². The Labute approximate surface area is 107 Å². The third-order valence-electron chi connectivity index (χ3n) is 3.61. The van der Waals surface area contributed by atoms with Gasteiger partial charge in [0.1, 0.15) is 0 Å². The van der Waals surface area contributed by atoms with Crippen LogP contribution in [0.25, 0.3) is 0 Å². The molecule has 0 aliphatic heterocycles. The third-order valence-corrected chi connectivity index (χ3v) is 4.32. The van der Waals surface area contributed by atoms with Gasteiger partial charge in [-0.05, 0) is 55.1 Å². The van der Waals surface area contributed by atoms with Crippen molar-refractivity contribution in [1.82, 2.24) is 4.90 Å². The molecule has 1 aromatic heterocycles. The van der Waals surface area contributed by atoms with Crippen molar-refractivity contribution in [3.63, 3.8) is 0 Å². The summed E-state index contributed by atoms with van der Waals surface area (Å²) in [6, 6.07) is 2.57. The van der Waals surface area contributed by atoms with Crippen LogP contribution in [0.15, 0.2) is 16.8 Å². The highest BCUT2D eigenvalue weighted by Crippen LogP contribution is 2.31. The Morgan fingerprint density at radius 1 is 1.59 bits per heavy atom. The predicted molar refractivity (Wildman–Crippen MR) is 72.1 cm³/mol. The summed E-state index contributed by atoms with van der Waals surface area (Å²) in [5.74, 6) is 0.634. The fourth-order valence-electron chi connectivity index (χ4n) is 2.77. The van der Waals surface area contributed by atoms with Crippen molar-refractivity contribution >= 4 is 11.3 Å². The summed E-state index contributed by atoms with van der Waals surface area (Å²) in [5.41, 5.74) is 7.42. The van der Waals surface area contributed by atoms with Crippen molar-refractivity contribution < 1.29 is 5.11 Å². The number of hydrogen-bond donors (Lipinski definition) is 2. The Morgan fingerprint density at radius 2 is 2.29 bits per heavy atom. The van der Waals surface area contributed by atoms with Crippen molar-refractivity contribution in [3.8, 4) is 0 Å². The molecule has 1 aliphatic carbocycles. The standard InChI is InChI=1S/C13H22N2OS/c1-9(14)13(11-3-4-17-8-11)15(2)7-10-5-12(16)6-10/h3-4,8-10,12-13,16H,5-7,14H2,1-2H3. The van der Waals surface area contributed by atoms with E-state index in [9.17, 15) is 5.11 Å². The number of nitrogens with zero attached hydrogens (tertiary/aromatic N) is 1. The molecular weight excluding hydrogens is 232 g/mol. The van der Waals surface area contributed by atoms with Crippen molar-refractivity contribution in [2.24, 2.45) is 11.7 Å². The highest BCUT2D eigenvalue weighted by Gasteiger charge is 2.31. The van der Waals surface area contributed by atoms with Crippen LogP contribution < -0.4 is 5.73 Å². The summed E-state index contributed by atoms with van der Waals surface area (Å²) < 4.78 is 0. The average Bonchev–Trinajstić information content (AvgIpc) is 2.68. The molecule has 0 spiro atoms. The van der Waals surface area contributed by atoms with E-state index in [2.05, 4.69) is 35.7 Å². The minimum absolute atomic E-state index is 0.0664. The first-order chi connectivity index (χ1) is 8.08. The van der Waals surface area contributed by atoms with E-state index in [1.54, 1.807) is 11.3 Å². The maximum atomic E-state index is 9.32. The molecule has 2 unspecified atom stereocenters. The highest BCUT2D eigenvalue weighted by atomic mass is 32.1. The van der Waals surface area contributed by atoms with Gasteiger partial charge in [0.15, 0.2) is 0 Å². The Kier molecular flexibility index (Phi) is 4.20. The molecule has 0 aromatic carbocycles. The van der Waals surface area contributed by atoms with E-state index in [1.165, 1.54) is 5.56 Å². The largest absolute Gasteiger partial charge is 0.393 e. The van der Waals surface area contributed by atoms with Gasteiger partial charge in [-0.25, -0.2) is 0 Å². The van der Waals surface area contributed by atoms with Gasteiger partial charge >= 0.3 is 0 Å². The number of thiophene rings is 1. The first kappa shape index (κ1) is 13.0. The maximum Gasteiger partial charge on any atom is 0.0546 e. The Morgan fingerprint density at radius 3 is 2.76 bits per heavy atom. The quantitative estimate of drug-likeness (QED) is 0.843. The fourth-order valence-corrected chi connectivity index (χ4v) is 3.46. The van der Waals surface area contributed by atoms with Crippen molar-refractivity contribution in [1.29, 1.82) is 0 Å². The van der Waals surface area contributed by atoms with Gasteiger partial charge in [0.2, 0.25) is 0 Å². The molecule has 96 valence electrons. The Balaban J connectivity index is 1.96. The first-order valence-electron chi connectivity index (χ1n) is 6.24. The lowest BCUT2D eigenvalue weighted by Crippen LogP contribution is -2.43. The Hall–Kier alpha value is -0.420. The van der Waals surface area contributed by atoms with Crippen LogP contribution in [0.1, 0.15) is 31.4 Å². The SMILES string of the molecule is CC(N)C(c1ccsc1)N(C)CC1CC(O)C1. The Bertz CT molecular complexity index is 333. The molecule has 1 fully saturated rings. The molecule has 0 saturated heterocycles. The first-order valence-corrected chi connectivity index (χ1v) is 7.18. The number of likely N-dealkylation sites (N-methyl/N-ethyl adjacent to an activating group) is 1. The average molecular weight is 254 g/mol. The lowest BCUT2D eigenvalue weighted by Gasteiger charge is -2.38. The van der Waals surface area contributed by atoms with Crippen LogP contribution in [0.4, 0.5) is 0 Å². The van der Waals surface area contributed by atoms with Crippen LogP contribution in [-0.2, 0) is 0 Å². The molecule has 1 aromatic rings. The van der Waals surface area contributed by atoms with Crippen LogP contribution in [0.5, 0.6) is 0 Å². The van der Waals surface area contributed by atoms with Gasteiger partial charge in [0.25, 0.3) is 0 Å². The van der Waals surface area contributed by atoms with Gasteiger partial charge < -0.3 is 10.8 Å². The molecule has 1 heterocycles. The topological polar surface area (TPSA) is 49.5 Å². The molecule has 2 atom stereocenters. The second-order valence-corrected chi connectivity index (χ2v) is 6.07. The smallest absolute Gasteiger partial charge is 0.0546 e. The number of hydrogen-bond acceptors (Lipinski definition) is 4. The minimum Gasteiger partial charge on any atom is -0.393 e. The van der Waals surface area contributed by atoms with E-state index in [4.69, 9.17) is 5.73 Å². The van der Waals surface area contributed by atoms with Gasteiger partial charge in [-0.2, -0.15) is 11.3 Å². The molecule has 1 saturated carbocycles. The van der Waals surface area contributed by atoms with Gasteiger partial charge in [0, 0.05) is 12.6 Å². The summed E-state index contributed by atoms with van der Waals surface area (Å²) in [6.45, 7) is 3.09. The van der Waals surface area contributed by atoms with Gasteiger partial charge in [0.05, 0.1) is 12.1 Å². The third kappa shape index (κ3) is 3.07. The summed E-state index contributed by atoms with van der Waals surface area (Å²) in [4.78, 5) is 2.34. The van der Waals surface area contributed by atoms with E-state index < -0.39 is 0 Å². The normalized spacial score (nSPS) is 27.8. The summed E-state index contributed by atoms with van der Waals surface area (Å²) >= 11 is 1.72. The van der Waals surface area contributed by atoms with Crippen LogP contribution in [-0.4, -0.2) is 35.7 Å². The van der Waals surface area contributed by atoms with Crippen LogP contribution in [0.3, 0.4) is 0 Å². The number of rotatable bonds is 5. The van der Waals surface area contributed by atoms with Crippen LogP contribution in [0.2, 0.25) is 0 Å². The molecule has 0 bridgehead atoms. The van der Waals surface area contributed by atoms with Gasteiger partial charge in [-0.15, -0.1) is 0 Å². The molecule has 1 aliphatic rings. The predicted octanol–water partition coefficient (Wildman–Crippen LogP) is 1.84. The summed E-state index contributed by atoms with van der Waals surface area (Å²) in [7, 11) is 2.14. The summed E-state index contributed by atoms with van der Waals surface area (Å²) in [5, 5.41) is 13.6. The zero-order valence-corrected chi connectivity index (χ0v) is 11.4. The molecule has 3 nitrogen and oxygen atoms in total. The highest BCUT2D eigenvalue weighted by molar-refractivity contribution is 7.07. The molecule has 3 N–H and O–H groups in total. The molecule has 17 heavy (non-hydrogen) atoms. The molecule has 0 amide bonds. The zero-order valence-electron chi connectivity index (χ0n) is 10.5. The van der Waals surface area contributed by atoms with Crippen LogP contribution in [0, 0.1) is 5.92 Å². The molecule has 4 heteroatoms. The molecular formula is C13H22N2OS. The number of aliphatic hydroxyl groups is 1. The van der Waals surface area contributed by atoms with Crippen molar-refractivity contribution in [3.05, 3.63) is 22.4 Å². The lowest BCUT2D eigenvalue weighted by molar-refractivity contribution is 0.0203. The van der Waals surface area contributed by atoms with Crippen molar-refractivity contribution in [2.75, 3.05) is 13.6 Å². The van der Waals surface area contributed by atoms with E-state index in [0.717, 1.165) is 19.4 Å². The lowest BCUT2D eigenvalue weighted by atomic mass is 9.81. The van der Waals surface area contributed by atoms with E-state index in [0.29, 0.717) is 12.0 Å². The van der Waals surface area contributed by atoms with Crippen LogP contribution >= 0.6 is 11.3 Å². The summed E-state index contributed by atoms with van der Waals surface area (Å²) in [6.07, 6.45) is 1.82. The second-order valence-electron chi connectivity index (χ2n) is 5.29. The fraction of sp³-hybridized carbons (Fsp3) is 0.692. The molecule has 2 rings (SSSR count). The number of aliphatic hydroxyl groups excluding tert-OH is 1. The van der Waals surface area contributed by atoms with E-state index >= 15 is 0 Å². The van der Waals surface area contributed by atoms with E-state index in [-0.39, 0.29) is 12.1 Å². The van der Waals surface area contributed by atoms with E-state index in [1.807, 2.05) is 0 Å². The monoisotopic (exact) mass is 254 g/mol. The number of nitrogens with two attached hydrogens (primary N) is 1. The van der Waals surface area contributed by atoms with Gasteiger partial charge in [-0.1, -0.05) is 0 Å². The molecule has 0 radical (unpaired) electrons.